The summed E-state index contributed by atoms with van der Waals surface area (Å²) in [6.45, 7) is 20.2. The van der Waals surface area contributed by atoms with Crippen LogP contribution in [0, 0.1) is 57.0 Å². The zero-order chi connectivity index (χ0) is 22.1. The van der Waals surface area contributed by atoms with E-state index in [-0.39, 0.29) is 22.9 Å². The van der Waals surface area contributed by atoms with E-state index in [1.165, 1.54) is 19.3 Å². The molecular formula is C20H24FeO7-. The summed E-state index contributed by atoms with van der Waals surface area (Å²) in [6, 6.07) is 0. The maximum absolute atomic E-state index is 11.8. The molecule has 7 nitrogen and oxygen atoms in total. The first-order valence-corrected chi connectivity index (χ1v) is 7.88. The molecule has 0 fully saturated rings. The van der Waals surface area contributed by atoms with Crippen molar-refractivity contribution in [1.82, 2.24) is 0 Å². The molecule has 28 heavy (non-hydrogen) atoms. The van der Waals surface area contributed by atoms with Gasteiger partial charge >= 0.3 is 33.9 Å². The molecule has 0 aliphatic heterocycles. The Balaban J connectivity index is -0.000000228. The van der Waals surface area contributed by atoms with E-state index in [2.05, 4.69) is 43.5 Å². The van der Waals surface area contributed by atoms with Crippen LogP contribution < -0.4 is 0 Å². The third-order valence-electron chi connectivity index (χ3n) is 2.95. The van der Waals surface area contributed by atoms with Gasteiger partial charge in [-0.1, -0.05) is 39.1 Å². The van der Waals surface area contributed by atoms with Gasteiger partial charge in [0, 0.05) is 36.3 Å². The second kappa shape index (κ2) is 33.0. The van der Waals surface area contributed by atoms with Crippen LogP contribution >= 0.6 is 0 Å². The van der Waals surface area contributed by atoms with Crippen LogP contribution in [0.4, 0.5) is 0 Å². The van der Waals surface area contributed by atoms with Crippen molar-refractivity contribution in [3.05, 3.63) is 39.2 Å². The molecule has 0 rings (SSSR count). The Hall–Kier alpha value is -1.60. The Kier molecular flexibility index (Phi) is 43.9. The standard InChI is InChI=1S/C17H24O4.3CO.Fe/c1-4-5-6-7-8-11-16(19)15(3)17(20)12-9-10-14(2)21-13-18;3*1-2;/h9-10,12,14-16,19H,4-7H2,1-3H3;;;;/q-1;;;;/t14-,15+,16+;;;;/m1..../s1. The zero-order valence-electron chi connectivity index (χ0n) is 16.0. The number of carbonyl (C=O) groups excluding carboxylic acids is 2. The van der Waals surface area contributed by atoms with E-state index >= 15 is 0 Å². The van der Waals surface area contributed by atoms with Gasteiger partial charge in [-0.15, -0.1) is 5.92 Å². The molecule has 0 aliphatic carbocycles. The van der Waals surface area contributed by atoms with E-state index < -0.39 is 18.1 Å². The summed E-state index contributed by atoms with van der Waals surface area (Å²) in [4.78, 5) is 21.8. The minimum Gasteiger partial charge on any atom is 0 e. The van der Waals surface area contributed by atoms with Crippen LogP contribution in [0.2, 0.25) is 0 Å². The van der Waals surface area contributed by atoms with Crippen LogP contribution in [0.5, 0.6) is 0 Å². The molecule has 0 unspecified atom stereocenters. The summed E-state index contributed by atoms with van der Waals surface area (Å²) in [5.41, 5.74) is 0. The maximum Gasteiger partial charge on any atom is 0 e. The molecule has 0 saturated carbocycles. The molecule has 0 heterocycles. The van der Waals surface area contributed by atoms with Crippen molar-refractivity contribution in [3.63, 3.8) is 0 Å². The third kappa shape index (κ3) is 26.6. The first-order chi connectivity index (χ1) is 13.0. The largest absolute Gasteiger partial charge is 0 e. The van der Waals surface area contributed by atoms with Gasteiger partial charge in [0.25, 0.3) is 0 Å². The third-order valence-corrected chi connectivity index (χ3v) is 2.95. The molecule has 0 aromatic carbocycles. The van der Waals surface area contributed by atoms with E-state index in [0.29, 0.717) is 0 Å². The predicted octanol–water partition coefficient (Wildman–Crippen LogP) is 2.11. The number of Topliss-reactive ketones (excluding diaryl/α,β-unsaturated/α-hetero) is 1. The van der Waals surface area contributed by atoms with E-state index in [1.807, 2.05) is 0 Å². The molecular weight excluding hydrogens is 408 g/mol. The molecule has 0 spiro atoms. The molecule has 0 bridgehead atoms. The van der Waals surface area contributed by atoms with Crippen molar-refractivity contribution in [2.24, 2.45) is 5.92 Å². The maximum atomic E-state index is 11.8. The van der Waals surface area contributed by atoms with Crippen molar-refractivity contribution >= 4 is 12.3 Å². The van der Waals surface area contributed by atoms with Crippen molar-refractivity contribution in [3.8, 4) is 11.8 Å². The van der Waals surface area contributed by atoms with Gasteiger partial charge in [-0.2, -0.15) is 0 Å². The van der Waals surface area contributed by atoms with Gasteiger partial charge in [-0.3, -0.25) is 4.79 Å². The van der Waals surface area contributed by atoms with Crippen LogP contribution in [0.25, 0.3) is 0 Å². The zero-order valence-corrected chi connectivity index (χ0v) is 17.1. The average Bonchev–Trinajstić information content (AvgIpc) is 2.71. The summed E-state index contributed by atoms with van der Waals surface area (Å²) in [7, 11) is 0. The molecule has 155 valence electrons. The van der Waals surface area contributed by atoms with Crippen LogP contribution in [-0.4, -0.2) is 29.6 Å². The minimum absolute atomic E-state index is 0. The van der Waals surface area contributed by atoms with Gasteiger partial charge in [0.1, 0.15) is 11.9 Å². The summed E-state index contributed by atoms with van der Waals surface area (Å²) >= 11 is 0. The second-order valence-electron chi connectivity index (χ2n) is 4.87. The van der Waals surface area contributed by atoms with Gasteiger partial charge in [0.05, 0.1) is 12.0 Å². The molecule has 3 radical (unpaired) electrons. The van der Waals surface area contributed by atoms with Crippen LogP contribution in [-0.2, 0) is 45.4 Å². The molecule has 0 aromatic rings. The smallest absolute Gasteiger partial charge is 0 e. The molecule has 0 aliphatic rings. The average molecular weight is 432 g/mol. The fraction of sp³-hybridized carbons (Fsp3) is 0.500. The summed E-state index contributed by atoms with van der Waals surface area (Å²) in [5.74, 6) is 4.81. The normalized spacial score (nSPS) is 11.1. The Bertz CT molecular complexity index is 460. The second-order valence-corrected chi connectivity index (χ2v) is 4.87. The Labute approximate surface area is 178 Å². The molecule has 0 amide bonds. The summed E-state index contributed by atoms with van der Waals surface area (Å²) < 4.78 is 27.0. The topological polar surface area (TPSA) is 123 Å². The molecule has 1 N–H and O–H groups in total. The molecule has 0 aromatic heterocycles. The molecule has 8 heteroatoms. The van der Waals surface area contributed by atoms with Crippen LogP contribution in [0.15, 0.2) is 0 Å². The Morgan fingerprint density at radius 2 is 1.71 bits per heavy atom. The van der Waals surface area contributed by atoms with Gasteiger partial charge in [0.15, 0.2) is 0 Å². The SMILES string of the molecule is CCCCCC#C[C@H](O)[C@H](C)C(=O)[CH][CH][CH][C@@H](C)O[C-]=O.[C-]#[O+].[C-]#[O+].[C-]#[O+].[Fe]. The van der Waals surface area contributed by atoms with E-state index in [4.69, 9.17) is 14.0 Å². The van der Waals surface area contributed by atoms with Crippen molar-refractivity contribution in [2.75, 3.05) is 0 Å². The fourth-order valence-electron chi connectivity index (χ4n) is 1.49. The van der Waals surface area contributed by atoms with Crippen molar-refractivity contribution in [2.45, 2.75) is 58.7 Å². The van der Waals surface area contributed by atoms with Crippen LogP contribution in [0.3, 0.4) is 0 Å². The number of aliphatic hydroxyl groups excluding tert-OH is 1. The van der Waals surface area contributed by atoms with E-state index in [1.54, 1.807) is 20.3 Å². The Morgan fingerprint density at radius 3 is 2.18 bits per heavy atom. The van der Waals surface area contributed by atoms with E-state index in [9.17, 15) is 14.7 Å². The number of carbonyl (C=O) groups is 1. The van der Waals surface area contributed by atoms with Crippen molar-refractivity contribution < 1.29 is 50.5 Å². The number of aliphatic hydroxyl groups is 1. The first kappa shape index (κ1) is 37.2. The van der Waals surface area contributed by atoms with Gasteiger partial charge in [0.2, 0.25) is 0 Å². The monoisotopic (exact) mass is 432 g/mol. The van der Waals surface area contributed by atoms with E-state index in [0.717, 1.165) is 25.7 Å². The number of hydrogen-bond acceptors (Lipinski definition) is 4. The summed E-state index contributed by atoms with van der Waals surface area (Å²) in [5, 5.41) is 9.82. The van der Waals surface area contributed by atoms with Crippen molar-refractivity contribution in [1.29, 1.82) is 0 Å². The Morgan fingerprint density at radius 1 is 1.18 bits per heavy atom. The van der Waals surface area contributed by atoms with Gasteiger partial charge < -0.3 is 14.6 Å². The molecule has 3 atom stereocenters. The minimum atomic E-state index is -0.958. The predicted molar refractivity (Wildman–Crippen MR) is 93.0 cm³/mol. The van der Waals surface area contributed by atoms with Gasteiger partial charge in [-0.25, -0.2) is 0 Å². The number of ketones is 1. The number of unbranched alkanes of at least 4 members (excludes halogenated alkanes) is 3. The molecule has 0 saturated heterocycles. The number of rotatable bonds is 11. The number of hydrogen-bond donors (Lipinski definition) is 1. The first-order valence-electron chi connectivity index (χ1n) is 7.88. The quantitative estimate of drug-likeness (QED) is 0.177. The van der Waals surface area contributed by atoms with Crippen LogP contribution in [0.1, 0.15) is 46.5 Å². The number of ether oxygens (including phenoxy) is 1. The fourth-order valence-corrected chi connectivity index (χ4v) is 1.49. The van der Waals surface area contributed by atoms with Gasteiger partial charge in [-0.05, 0) is 19.8 Å². The summed E-state index contributed by atoms with van der Waals surface area (Å²) in [6.07, 6.45) is 7.01.